The summed E-state index contributed by atoms with van der Waals surface area (Å²) in [5.74, 6) is -0.0198. The molecule has 2 rings (SSSR count). The van der Waals surface area contributed by atoms with Gasteiger partial charge in [0.2, 0.25) is 5.91 Å². The maximum atomic E-state index is 12.4. The molecule has 1 aliphatic rings. The number of anilines is 2. The first-order valence-electron chi connectivity index (χ1n) is 9.48. The molecule has 0 saturated heterocycles. The molecule has 1 unspecified atom stereocenters. The topological polar surface area (TPSA) is 119 Å². The standard InChI is InChI=1S/C21H31N5O/c1-3-14(2)25-16-9-10-17-19(24)11-15(13-22)18(23)7-5-4-6-8-21(27)26-20(17)12-16/h9-13,18,25H,2-8,22-24H2,1H3,(H,26,27)/b15-13+,19-11?. The lowest BCUT2D eigenvalue weighted by Gasteiger charge is -2.16. The molecule has 0 spiro atoms. The van der Waals surface area contributed by atoms with Gasteiger partial charge >= 0.3 is 0 Å². The van der Waals surface area contributed by atoms with Crippen molar-refractivity contribution in [2.75, 3.05) is 10.6 Å². The van der Waals surface area contributed by atoms with Gasteiger partial charge in [0.1, 0.15) is 0 Å². The molecular weight excluding hydrogens is 338 g/mol. The molecule has 0 aromatic heterocycles. The summed E-state index contributed by atoms with van der Waals surface area (Å²) in [7, 11) is 0. The van der Waals surface area contributed by atoms with Crippen LogP contribution < -0.4 is 27.8 Å². The van der Waals surface area contributed by atoms with Crippen molar-refractivity contribution in [3.63, 3.8) is 0 Å². The van der Waals surface area contributed by atoms with E-state index in [0.29, 0.717) is 17.8 Å². The third-order valence-corrected chi connectivity index (χ3v) is 4.71. The average molecular weight is 370 g/mol. The molecule has 0 bridgehead atoms. The molecule has 146 valence electrons. The summed E-state index contributed by atoms with van der Waals surface area (Å²) in [5.41, 5.74) is 22.8. The van der Waals surface area contributed by atoms with E-state index in [0.717, 1.165) is 54.6 Å². The number of carbonyl (C=O) groups excluding carboxylic acids is 1. The molecule has 1 aromatic carbocycles. The van der Waals surface area contributed by atoms with Gasteiger partial charge in [0.15, 0.2) is 0 Å². The van der Waals surface area contributed by atoms with Gasteiger partial charge in [-0.3, -0.25) is 4.79 Å². The minimum Gasteiger partial charge on any atom is -0.404 e. The van der Waals surface area contributed by atoms with Crippen molar-refractivity contribution in [3.05, 3.63) is 53.9 Å². The van der Waals surface area contributed by atoms with Gasteiger partial charge in [-0.15, -0.1) is 0 Å². The predicted molar refractivity (Wildman–Crippen MR) is 114 cm³/mol. The summed E-state index contributed by atoms with van der Waals surface area (Å²) >= 11 is 0. The van der Waals surface area contributed by atoms with Crippen LogP contribution in [0.5, 0.6) is 0 Å². The zero-order valence-corrected chi connectivity index (χ0v) is 16.1. The van der Waals surface area contributed by atoms with Crippen molar-refractivity contribution in [1.82, 2.24) is 0 Å². The van der Waals surface area contributed by atoms with Crippen LogP contribution in [0.15, 0.2) is 48.3 Å². The van der Waals surface area contributed by atoms with E-state index in [1.807, 2.05) is 25.1 Å². The van der Waals surface area contributed by atoms with Gasteiger partial charge in [-0.25, -0.2) is 0 Å². The van der Waals surface area contributed by atoms with Gasteiger partial charge in [-0.05, 0) is 55.3 Å². The van der Waals surface area contributed by atoms with Crippen molar-refractivity contribution >= 4 is 23.0 Å². The maximum Gasteiger partial charge on any atom is 0.224 e. The molecule has 6 nitrogen and oxygen atoms in total. The highest BCUT2D eigenvalue weighted by Gasteiger charge is 2.14. The fourth-order valence-corrected chi connectivity index (χ4v) is 3.01. The summed E-state index contributed by atoms with van der Waals surface area (Å²) in [6.07, 6.45) is 8.11. The van der Waals surface area contributed by atoms with Crippen LogP contribution in [0, 0.1) is 0 Å². The fourth-order valence-electron chi connectivity index (χ4n) is 3.01. The normalized spacial score (nSPS) is 20.4. The monoisotopic (exact) mass is 369 g/mol. The van der Waals surface area contributed by atoms with Gasteiger partial charge in [-0.1, -0.05) is 26.3 Å². The molecule has 27 heavy (non-hydrogen) atoms. The Balaban J connectivity index is 2.44. The van der Waals surface area contributed by atoms with Crippen molar-refractivity contribution in [3.8, 4) is 0 Å². The molecular formula is C21H31N5O. The second-order valence-electron chi connectivity index (χ2n) is 6.86. The molecule has 0 aliphatic carbocycles. The van der Waals surface area contributed by atoms with E-state index in [4.69, 9.17) is 17.2 Å². The Morgan fingerprint density at radius 3 is 2.85 bits per heavy atom. The Labute approximate surface area is 161 Å². The first-order chi connectivity index (χ1) is 12.9. The molecule has 1 aliphatic heterocycles. The van der Waals surface area contributed by atoms with E-state index in [1.54, 1.807) is 6.08 Å². The van der Waals surface area contributed by atoms with Crippen molar-refractivity contribution in [1.29, 1.82) is 0 Å². The minimum absolute atomic E-state index is 0.0198. The smallest absolute Gasteiger partial charge is 0.224 e. The first-order valence-corrected chi connectivity index (χ1v) is 9.48. The van der Waals surface area contributed by atoms with Crippen molar-refractivity contribution in [2.45, 2.75) is 51.5 Å². The largest absolute Gasteiger partial charge is 0.404 e. The number of hydrogen-bond donors (Lipinski definition) is 5. The fraction of sp³-hybridized carbons (Fsp3) is 0.381. The Morgan fingerprint density at radius 2 is 2.15 bits per heavy atom. The van der Waals surface area contributed by atoms with Gasteiger partial charge in [0, 0.05) is 35.1 Å². The Hall–Kier alpha value is -2.73. The summed E-state index contributed by atoms with van der Waals surface area (Å²) < 4.78 is 0. The van der Waals surface area contributed by atoms with E-state index < -0.39 is 0 Å². The number of nitrogens with two attached hydrogens (primary N) is 3. The Bertz CT molecular complexity index is 751. The molecule has 0 fully saturated rings. The molecule has 1 amide bonds. The quantitative estimate of drug-likeness (QED) is 0.559. The summed E-state index contributed by atoms with van der Waals surface area (Å²) in [4.78, 5) is 12.4. The van der Waals surface area contributed by atoms with Gasteiger partial charge in [0.25, 0.3) is 0 Å². The van der Waals surface area contributed by atoms with E-state index >= 15 is 0 Å². The SMILES string of the molecule is C=C(CC)Nc1ccc2c(c1)NC(=O)CCCCCC(N)/C(=C/N)C=C2N. The number of fused-ring (bicyclic) bond motifs is 1. The maximum absolute atomic E-state index is 12.4. The lowest BCUT2D eigenvalue weighted by molar-refractivity contribution is -0.116. The summed E-state index contributed by atoms with van der Waals surface area (Å²) in [5, 5.41) is 6.23. The Morgan fingerprint density at radius 1 is 1.37 bits per heavy atom. The number of benzene rings is 1. The number of amides is 1. The van der Waals surface area contributed by atoms with Crippen LogP contribution in [-0.4, -0.2) is 11.9 Å². The van der Waals surface area contributed by atoms with E-state index in [1.165, 1.54) is 6.20 Å². The molecule has 1 aromatic rings. The van der Waals surface area contributed by atoms with Gasteiger partial charge in [0.05, 0.1) is 5.69 Å². The number of carbonyl (C=O) groups is 1. The molecule has 6 heteroatoms. The van der Waals surface area contributed by atoms with Gasteiger partial charge in [-0.2, -0.15) is 0 Å². The highest BCUT2D eigenvalue weighted by atomic mass is 16.1. The van der Waals surface area contributed by atoms with Crippen molar-refractivity contribution < 1.29 is 4.79 Å². The lowest BCUT2D eigenvalue weighted by Crippen LogP contribution is -2.23. The summed E-state index contributed by atoms with van der Waals surface area (Å²) in [6.45, 7) is 5.99. The van der Waals surface area contributed by atoms with E-state index in [-0.39, 0.29) is 11.9 Å². The van der Waals surface area contributed by atoms with Gasteiger partial charge < -0.3 is 27.8 Å². The van der Waals surface area contributed by atoms with E-state index in [2.05, 4.69) is 17.2 Å². The molecule has 0 radical (unpaired) electrons. The molecule has 8 N–H and O–H groups in total. The van der Waals surface area contributed by atoms with Crippen LogP contribution in [-0.2, 0) is 4.79 Å². The van der Waals surface area contributed by atoms with Crippen LogP contribution in [0.1, 0.15) is 51.0 Å². The zero-order valence-electron chi connectivity index (χ0n) is 16.1. The molecule has 1 atom stereocenters. The number of nitrogens with one attached hydrogen (secondary N) is 2. The Kier molecular flexibility index (Phi) is 7.49. The highest BCUT2D eigenvalue weighted by Crippen LogP contribution is 2.28. The highest BCUT2D eigenvalue weighted by molar-refractivity contribution is 5.95. The zero-order chi connectivity index (χ0) is 19.8. The third kappa shape index (κ3) is 5.89. The average Bonchev–Trinajstić information content (AvgIpc) is 2.65. The number of rotatable bonds is 3. The van der Waals surface area contributed by atoms with Crippen LogP contribution in [0.4, 0.5) is 11.4 Å². The first kappa shape index (κ1) is 20.6. The summed E-state index contributed by atoms with van der Waals surface area (Å²) in [6, 6.07) is 5.50. The second kappa shape index (κ2) is 9.83. The van der Waals surface area contributed by atoms with Crippen LogP contribution in [0.2, 0.25) is 0 Å². The van der Waals surface area contributed by atoms with Crippen LogP contribution >= 0.6 is 0 Å². The third-order valence-electron chi connectivity index (χ3n) is 4.71. The molecule has 0 saturated carbocycles. The van der Waals surface area contributed by atoms with Crippen LogP contribution in [0.3, 0.4) is 0 Å². The van der Waals surface area contributed by atoms with Crippen LogP contribution in [0.25, 0.3) is 5.70 Å². The predicted octanol–water partition coefficient (Wildman–Crippen LogP) is 3.39. The number of allylic oxidation sites excluding steroid dienone is 1. The minimum atomic E-state index is -0.171. The van der Waals surface area contributed by atoms with Crippen molar-refractivity contribution in [2.24, 2.45) is 17.2 Å². The van der Waals surface area contributed by atoms with E-state index in [9.17, 15) is 4.79 Å². The molecule has 1 heterocycles. The number of hydrogen-bond acceptors (Lipinski definition) is 5. The second-order valence-corrected chi connectivity index (χ2v) is 6.86. The lowest BCUT2D eigenvalue weighted by atomic mass is 9.99.